The number of aromatic carboxylic acids is 1. The van der Waals surface area contributed by atoms with Crippen LogP contribution in [0.15, 0.2) is 23.4 Å². The third kappa shape index (κ3) is 2.05. The predicted octanol–water partition coefficient (Wildman–Crippen LogP) is 1.11. The maximum atomic E-state index is 10.7. The number of carboxylic acids is 1. The Morgan fingerprint density at radius 2 is 2.29 bits per heavy atom. The first-order valence-electron chi connectivity index (χ1n) is 3.83. The van der Waals surface area contributed by atoms with Gasteiger partial charge in [-0.15, -0.1) is 4.91 Å². The van der Waals surface area contributed by atoms with Crippen LogP contribution in [0.2, 0.25) is 0 Å². The van der Waals surface area contributed by atoms with E-state index in [2.05, 4.69) is 10.5 Å². The minimum Gasteiger partial charge on any atom is -0.478 e. The van der Waals surface area contributed by atoms with E-state index in [4.69, 9.17) is 10.8 Å². The molecule has 1 aromatic rings. The maximum absolute atomic E-state index is 10.7. The highest BCUT2D eigenvalue weighted by atomic mass is 16.4. The van der Waals surface area contributed by atoms with Gasteiger partial charge >= 0.3 is 5.97 Å². The van der Waals surface area contributed by atoms with Crippen molar-refractivity contribution >= 4 is 17.3 Å². The molecule has 0 fully saturated rings. The zero-order chi connectivity index (χ0) is 10.6. The standard InChI is InChI=1S/C8H9N3O3/c9-4-10-5-1-2-7(11-14)6(3-5)8(12)13/h1-3,10H,4,9H2,(H,12,13). The number of nitrogens with zero attached hydrogens (tertiary/aromatic N) is 1. The number of hydrogen-bond acceptors (Lipinski definition) is 5. The second-order valence-corrected chi connectivity index (χ2v) is 2.51. The smallest absolute Gasteiger partial charge is 0.338 e. The van der Waals surface area contributed by atoms with Crippen molar-refractivity contribution in [3.8, 4) is 0 Å². The topological polar surface area (TPSA) is 105 Å². The summed E-state index contributed by atoms with van der Waals surface area (Å²) in [5.41, 5.74) is 5.52. The van der Waals surface area contributed by atoms with Crippen molar-refractivity contribution in [2.45, 2.75) is 0 Å². The molecule has 4 N–H and O–H groups in total. The largest absolute Gasteiger partial charge is 0.478 e. The van der Waals surface area contributed by atoms with Gasteiger partial charge in [-0.3, -0.25) is 0 Å². The van der Waals surface area contributed by atoms with E-state index < -0.39 is 5.97 Å². The summed E-state index contributed by atoms with van der Waals surface area (Å²) in [6, 6.07) is 4.18. The van der Waals surface area contributed by atoms with Crippen LogP contribution in [-0.2, 0) is 0 Å². The van der Waals surface area contributed by atoms with Gasteiger partial charge in [0.2, 0.25) is 0 Å². The lowest BCUT2D eigenvalue weighted by atomic mass is 10.1. The quantitative estimate of drug-likeness (QED) is 0.493. The zero-order valence-electron chi connectivity index (χ0n) is 7.23. The van der Waals surface area contributed by atoms with Crippen LogP contribution in [0.5, 0.6) is 0 Å². The highest BCUT2D eigenvalue weighted by Gasteiger charge is 2.10. The summed E-state index contributed by atoms with van der Waals surface area (Å²) in [7, 11) is 0. The van der Waals surface area contributed by atoms with E-state index in [1.54, 1.807) is 0 Å². The first kappa shape index (κ1) is 10.1. The highest BCUT2D eigenvalue weighted by Crippen LogP contribution is 2.22. The molecular weight excluding hydrogens is 186 g/mol. The average Bonchev–Trinajstić information content (AvgIpc) is 2.18. The Balaban J connectivity index is 3.13. The summed E-state index contributed by atoms with van der Waals surface area (Å²) in [4.78, 5) is 20.9. The molecule has 0 aliphatic rings. The first-order chi connectivity index (χ1) is 6.69. The molecule has 0 saturated heterocycles. The molecule has 0 unspecified atom stereocenters. The van der Waals surface area contributed by atoms with E-state index in [1.165, 1.54) is 18.2 Å². The van der Waals surface area contributed by atoms with Gasteiger partial charge in [-0.25, -0.2) is 4.79 Å². The van der Waals surface area contributed by atoms with Crippen molar-refractivity contribution in [1.29, 1.82) is 0 Å². The van der Waals surface area contributed by atoms with Gasteiger partial charge in [-0.2, -0.15) is 0 Å². The van der Waals surface area contributed by atoms with E-state index in [9.17, 15) is 9.70 Å². The van der Waals surface area contributed by atoms with Crippen LogP contribution in [0.4, 0.5) is 11.4 Å². The Morgan fingerprint density at radius 3 is 2.79 bits per heavy atom. The molecule has 1 rings (SSSR count). The average molecular weight is 195 g/mol. The van der Waals surface area contributed by atoms with Gasteiger partial charge in [0.15, 0.2) is 0 Å². The molecular formula is C8H9N3O3. The summed E-state index contributed by atoms with van der Waals surface area (Å²) in [5, 5.41) is 14.1. The molecule has 0 heterocycles. The summed E-state index contributed by atoms with van der Waals surface area (Å²) in [5.74, 6) is -1.19. The maximum Gasteiger partial charge on any atom is 0.338 e. The van der Waals surface area contributed by atoms with Crippen LogP contribution in [0, 0.1) is 4.91 Å². The predicted molar refractivity (Wildman–Crippen MR) is 51.5 cm³/mol. The van der Waals surface area contributed by atoms with Crippen molar-refractivity contribution in [3.63, 3.8) is 0 Å². The molecule has 0 aliphatic heterocycles. The molecule has 0 bridgehead atoms. The number of anilines is 1. The lowest BCUT2D eigenvalue weighted by molar-refractivity contribution is 0.0698. The third-order valence-electron chi connectivity index (χ3n) is 1.63. The fraction of sp³-hybridized carbons (Fsp3) is 0.125. The SMILES string of the molecule is NCNc1ccc(N=O)c(C(=O)O)c1. The van der Waals surface area contributed by atoms with Gasteiger partial charge in [0.1, 0.15) is 5.69 Å². The Kier molecular flexibility index (Phi) is 3.14. The van der Waals surface area contributed by atoms with Crippen LogP contribution in [0.3, 0.4) is 0 Å². The summed E-state index contributed by atoms with van der Waals surface area (Å²) >= 11 is 0. The summed E-state index contributed by atoms with van der Waals surface area (Å²) < 4.78 is 0. The molecule has 6 nitrogen and oxygen atoms in total. The molecule has 0 spiro atoms. The number of nitrogens with two attached hydrogens (primary N) is 1. The Morgan fingerprint density at radius 1 is 1.57 bits per heavy atom. The van der Waals surface area contributed by atoms with Crippen molar-refractivity contribution < 1.29 is 9.90 Å². The van der Waals surface area contributed by atoms with E-state index in [-0.39, 0.29) is 17.9 Å². The van der Waals surface area contributed by atoms with E-state index >= 15 is 0 Å². The fourth-order valence-corrected chi connectivity index (χ4v) is 1.01. The molecule has 0 aliphatic carbocycles. The van der Waals surface area contributed by atoms with Gasteiger partial charge < -0.3 is 16.2 Å². The van der Waals surface area contributed by atoms with Gasteiger partial charge in [-0.1, -0.05) is 0 Å². The van der Waals surface area contributed by atoms with Crippen molar-refractivity contribution in [1.82, 2.24) is 0 Å². The van der Waals surface area contributed by atoms with Crippen molar-refractivity contribution in [2.24, 2.45) is 10.9 Å². The van der Waals surface area contributed by atoms with Gasteiger partial charge in [0.05, 0.1) is 12.2 Å². The Bertz CT molecular complexity index is 365. The highest BCUT2D eigenvalue weighted by molar-refractivity contribution is 5.94. The molecule has 6 heteroatoms. The molecule has 0 atom stereocenters. The van der Waals surface area contributed by atoms with Crippen LogP contribution in [0.25, 0.3) is 0 Å². The van der Waals surface area contributed by atoms with Gasteiger partial charge in [0, 0.05) is 5.69 Å². The van der Waals surface area contributed by atoms with Crippen molar-refractivity contribution in [2.75, 3.05) is 12.0 Å². The molecule has 0 radical (unpaired) electrons. The molecule has 0 saturated carbocycles. The number of carbonyl (C=O) groups is 1. The molecule has 14 heavy (non-hydrogen) atoms. The van der Waals surface area contributed by atoms with Crippen LogP contribution >= 0.6 is 0 Å². The Hall–Kier alpha value is -1.95. The van der Waals surface area contributed by atoms with E-state index in [1.807, 2.05) is 0 Å². The lowest BCUT2D eigenvalue weighted by Gasteiger charge is -2.04. The third-order valence-corrected chi connectivity index (χ3v) is 1.63. The number of carboxylic acid groups (broad SMARTS) is 1. The van der Waals surface area contributed by atoms with Crippen LogP contribution < -0.4 is 11.1 Å². The summed E-state index contributed by atoms with van der Waals surface area (Å²) in [6.07, 6.45) is 0. The first-order valence-corrected chi connectivity index (χ1v) is 3.83. The number of nitrogens with one attached hydrogen (secondary N) is 1. The number of rotatable bonds is 4. The molecule has 0 aromatic heterocycles. The fourth-order valence-electron chi connectivity index (χ4n) is 1.01. The van der Waals surface area contributed by atoms with Crippen LogP contribution in [-0.4, -0.2) is 17.7 Å². The zero-order valence-corrected chi connectivity index (χ0v) is 7.23. The minimum absolute atomic E-state index is 0.0972. The van der Waals surface area contributed by atoms with Gasteiger partial charge in [0.25, 0.3) is 0 Å². The number of hydrogen-bond donors (Lipinski definition) is 3. The normalized spacial score (nSPS) is 9.50. The number of benzene rings is 1. The van der Waals surface area contributed by atoms with Crippen molar-refractivity contribution in [3.05, 3.63) is 28.7 Å². The molecule has 74 valence electrons. The van der Waals surface area contributed by atoms with E-state index in [0.717, 1.165) is 0 Å². The molecule has 0 amide bonds. The number of nitroso groups, excluding NO2 is 1. The van der Waals surface area contributed by atoms with Crippen LogP contribution in [0.1, 0.15) is 10.4 Å². The lowest BCUT2D eigenvalue weighted by Crippen LogP contribution is -2.11. The second-order valence-electron chi connectivity index (χ2n) is 2.51. The Labute approximate surface area is 79.7 Å². The second kappa shape index (κ2) is 4.33. The van der Waals surface area contributed by atoms with E-state index in [0.29, 0.717) is 5.69 Å². The molecule has 1 aromatic carbocycles. The monoisotopic (exact) mass is 195 g/mol. The minimum atomic E-state index is -1.19. The summed E-state index contributed by atoms with van der Waals surface area (Å²) in [6.45, 7) is 0.187. The van der Waals surface area contributed by atoms with Gasteiger partial charge in [-0.05, 0) is 23.4 Å².